The van der Waals surface area contributed by atoms with Gasteiger partial charge < -0.3 is 20.7 Å². The molecule has 0 bridgehead atoms. The van der Waals surface area contributed by atoms with Crippen LogP contribution in [0.25, 0.3) is 16.8 Å². The standard InChI is InChI=1S/C26H26N6O4/c1-2-24(33)28-20-11-17(15-30-9-3-4-10-30)12-21(14-20)31-16-23(25(29-31)32(35)36)18-5-6-22-19(13-18)7-8-27-26(22)34/h2,5-6,11-14,16H,1,3-4,7-10,15H2,(H,27,34)(H,28,33). The second-order valence-electron chi connectivity index (χ2n) is 9.01. The average Bonchev–Trinajstić information content (AvgIpc) is 3.54. The molecule has 2 amide bonds. The average molecular weight is 487 g/mol. The van der Waals surface area contributed by atoms with Crippen molar-refractivity contribution in [3.63, 3.8) is 0 Å². The van der Waals surface area contributed by atoms with Gasteiger partial charge in [0.25, 0.3) is 5.91 Å². The minimum atomic E-state index is -0.507. The van der Waals surface area contributed by atoms with Crippen LogP contribution in [-0.4, -0.2) is 51.1 Å². The molecule has 1 aromatic heterocycles. The summed E-state index contributed by atoms with van der Waals surface area (Å²) in [6, 6.07) is 10.8. The van der Waals surface area contributed by atoms with E-state index in [4.69, 9.17) is 0 Å². The van der Waals surface area contributed by atoms with Crippen LogP contribution < -0.4 is 10.6 Å². The van der Waals surface area contributed by atoms with Gasteiger partial charge in [-0.25, -0.2) is 0 Å². The summed E-state index contributed by atoms with van der Waals surface area (Å²) >= 11 is 0. The minimum Gasteiger partial charge on any atom is -0.358 e. The molecule has 2 N–H and O–H groups in total. The molecule has 5 rings (SSSR count). The largest absolute Gasteiger partial charge is 0.398 e. The summed E-state index contributed by atoms with van der Waals surface area (Å²) in [6.45, 7) is 6.75. The SMILES string of the molecule is C=CC(=O)Nc1cc(CN2CCCC2)cc(-n2cc(-c3ccc4c(c3)CCNC4=O)c([N+](=O)[O-])n2)c1. The first-order valence-corrected chi connectivity index (χ1v) is 11.9. The van der Waals surface area contributed by atoms with E-state index in [1.165, 1.54) is 10.8 Å². The van der Waals surface area contributed by atoms with Gasteiger partial charge in [0, 0.05) is 24.3 Å². The van der Waals surface area contributed by atoms with Crippen molar-refractivity contribution < 1.29 is 14.5 Å². The van der Waals surface area contributed by atoms with E-state index in [-0.39, 0.29) is 17.6 Å². The Bertz CT molecular complexity index is 1370. The van der Waals surface area contributed by atoms with Crippen molar-refractivity contribution in [1.29, 1.82) is 0 Å². The summed E-state index contributed by atoms with van der Waals surface area (Å²) < 4.78 is 1.47. The minimum absolute atomic E-state index is 0.142. The van der Waals surface area contributed by atoms with Crippen LogP contribution in [0.1, 0.15) is 34.3 Å². The van der Waals surface area contributed by atoms with Crippen molar-refractivity contribution in [1.82, 2.24) is 20.0 Å². The van der Waals surface area contributed by atoms with Crippen molar-refractivity contribution in [3.05, 3.63) is 82.1 Å². The molecule has 0 aliphatic carbocycles. The van der Waals surface area contributed by atoms with E-state index in [1.54, 1.807) is 24.4 Å². The molecule has 184 valence electrons. The molecule has 1 saturated heterocycles. The van der Waals surface area contributed by atoms with E-state index in [1.807, 2.05) is 18.2 Å². The van der Waals surface area contributed by atoms with Gasteiger partial charge in [-0.05, 0) is 90.4 Å². The smallest absolute Gasteiger partial charge is 0.358 e. The van der Waals surface area contributed by atoms with Gasteiger partial charge in [0.05, 0.1) is 17.0 Å². The van der Waals surface area contributed by atoms with E-state index in [0.717, 1.165) is 37.1 Å². The zero-order valence-corrected chi connectivity index (χ0v) is 19.7. The lowest BCUT2D eigenvalue weighted by Gasteiger charge is -2.16. The third-order valence-corrected chi connectivity index (χ3v) is 6.51. The number of benzene rings is 2. The number of carbonyl (C=O) groups excluding carboxylic acids is 2. The van der Waals surface area contributed by atoms with Crippen molar-refractivity contribution in [2.45, 2.75) is 25.8 Å². The Morgan fingerprint density at radius 2 is 2.00 bits per heavy atom. The maximum atomic E-state index is 12.1. The van der Waals surface area contributed by atoms with Gasteiger partial charge >= 0.3 is 5.82 Å². The highest BCUT2D eigenvalue weighted by molar-refractivity contribution is 5.99. The summed E-state index contributed by atoms with van der Waals surface area (Å²) in [7, 11) is 0. The Labute approximate surface area is 207 Å². The first-order valence-electron chi connectivity index (χ1n) is 11.9. The van der Waals surface area contributed by atoms with Gasteiger partial charge in [0.15, 0.2) is 0 Å². The van der Waals surface area contributed by atoms with Gasteiger partial charge in [-0.2, -0.15) is 0 Å². The third kappa shape index (κ3) is 4.76. The van der Waals surface area contributed by atoms with Crippen LogP contribution in [0.15, 0.2) is 55.3 Å². The normalized spacial score (nSPS) is 15.3. The molecule has 2 aliphatic heterocycles. The highest BCUT2D eigenvalue weighted by Gasteiger charge is 2.25. The quantitative estimate of drug-likeness (QED) is 0.300. The number of hydrogen-bond donors (Lipinski definition) is 2. The van der Waals surface area contributed by atoms with Crippen LogP contribution in [0.2, 0.25) is 0 Å². The summed E-state index contributed by atoms with van der Waals surface area (Å²) in [5, 5.41) is 21.8. The second-order valence-corrected chi connectivity index (χ2v) is 9.01. The fourth-order valence-corrected chi connectivity index (χ4v) is 4.79. The lowest BCUT2D eigenvalue weighted by molar-refractivity contribution is -0.389. The maximum absolute atomic E-state index is 12.1. The van der Waals surface area contributed by atoms with E-state index in [0.29, 0.717) is 47.6 Å². The summed E-state index contributed by atoms with van der Waals surface area (Å²) in [6.07, 6.45) is 5.77. The summed E-state index contributed by atoms with van der Waals surface area (Å²) in [5.41, 5.74) is 4.53. The second kappa shape index (κ2) is 9.74. The number of rotatable bonds is 7. The van der Waals surface area contributed by atoms with E-state index >= 15 is 0 Å². The summed E-state index contributed by atoms with van der Waals surface area (Å²) in [5.74, 6) is -0.766. The van der Waals surface area contributed by atoms with Gasteiger partial charge in [0.1, 0.15) is 5.56 Å². The predicted octanol–water partition coefficient (Wildman–Crippen LogP) is 3.45. The van der Waals surface area contributed by atoms with Crippen LogP contribution in [0.5, 0.6) is 0 Å². The van der Waals surface area contributed by atoms with E-state index < -0.39 is 4.92 Å². The Balaban J connectivity index is 1.56. The highest BCUT2D eigenvalue weighted by atomic mass is 16.6. The molecular weight excluding hydrogens is 460 g/mol. The Hall–Kier alpha value is -4.31. The molecule has 3 aromatic rings. The fourth-order valence-electron chi connectivity index (χ4n) is 4.79. The van der Waals surface area contributed by atoms with E-state index in [2.05, 4.69) is 27.2 Å². The molecule has 10 nitrogen and oxygen atoms in total. The van der Waals surface area contributed by atoms with Gasteiger partial charge in [-0.3, -0.25) is 14.5 Å². The first-order chi connectivity index (χ1) is 17.4. The number of amides is 2. The van der Waals surface area contributed by atoms with Crippen molar-refractivity contribution in [2.24, 2.45) is 0 Å². The molecule has 36 heavy (non-hydrogen) atoms. The molecule has 3 heterocycles. The molecule has 2 aliphatic rings. The first kappa shape index (κ1) is 23.4. The number of aromatic nitrogens is 2. The molecule has 2 aromatic carbocycles. The Morgan fingerprint density at radius 1 is 1.19 bits per heavy atom. The number of anilines is 1. The van der Waals surface area contributed by atoms with Crippen LogP contribution in [0.3, 0.4) is 0 Å². The van der Waals surface area contributed by atoms with Crippen molar-refractivity contribution in [3.8, 4) is 16.8 Å². The van der Waals surface area contributed by atoms with Crippen LogP contribution in [0.4, 0.5) is 11.5 Å². The number of carbonyl (C=O) groups is 2. The zero-order chi connectivity index (χ0) is 25.2. The fraction of sp³-hybridized carbons (Fsp3) is 0.269. The maximum Gasteiger partial charge on any atom is 0.398 e. The molecule has 0 radical (unpaired) electrons. The monoisotopic (exact) mass is 486 g/mol. The molecule has 0 atom stereocenters. The molecular formula is C26H26N6O4. The zero-order valence-electron chi connectivity index (χ0n) is 19.7. The number of hydrogen-bond acceptors (Lipinski definition) is 6. The Kier molecular flexibility index (Phi) is 6.34. The lowest BCUT2D eigenvalue weighted by Crippen LogP contribution is -2.31. The number of nitro groups is 1. The van der Waals surface area contributed by atoms with Gasteiger partial charge in [-0.15, -0.1) is 4.68 Å². The summed E-state index contributed by atoms with van der Waals surface area (Å²) in [4.78, 5) is 37.8. The van der Waals surface area contributed by atoms with Crippen LogP contribution >= 0.6 is 0 Å². The highest BCUT2D eigenvalue weighted by Crippen LogP contribution is 2.33. The topological polar surface area (TPSA) is 122 Å². The van der Waals surface area contributed by atoms with Crippen LogP contribution in [-0.2, 0) is 17.8 Å². The van der Waals surface area contributed by atoms with Crippen LogP contribution in [0, 0.1) is 10.1 Å². The van der Waals surface area contributed by atoms with Crippen molar-refractivity contribution in [2.75, 3.05) is 25.0 Å². The van der Waals surface area contributed by atoms with E-state index in [9.17, 15) is 19.7 Å². The Morgan fingerprint density at radius 3 is 2.75 bits per heavy atom. The number of likely N-dealkylation sites (tertiary alicyclic amines) is 1. The lowest BCUT2D eigenvalue weighted by atomic mass is 9.96. The number of nitrogens with zero attached hydrogens (tertiary/aromatic N) is 4. The van der Waals surface area contributed by atoms with Gasteiger partial charge in [-0.1, -0.05) is 12.6 Å². The molecule has 0 saturated carbocycles. The number of nitrogens with one attached hydrogen (secondary N) is 2. The molecule has 10 heteroatoms. The molecule has 0 unspecified atom stereocenters. The number of fused-ring (bicyclic) bond motifs is 1. The van der Waals surface area contributed by atoms with Gasteiger partial charge in [0.2, 0.25) is 5.91 Å². The van der Waals surface area contributed by atoms with Crippen molar-refractivity contribution >= 4 is 23.3 Å². The predicted molar refractivity (Wildman–Crippen MR) is 135 cm³/mol. The molecule has 0 spiro atoms. The molecule has 1 fully saturated rings. The third-order valence-electron chi connectivity index (χ3n) is 6.51.